The van der Waals surface area contributed by atoms with Crippen molar-refractivity contribution >= 4 is 28.8 Å². The number of hydrogen-bond acceptors (Lipinski definition) is 6. The van der Waals surface area contributed by atoms with E-state index in [1.807, 2.05) is 0 Å². The molecule has 0 spiro atoms. The second-order valence-electron chi connectivity index (χ2n) is 4.71. The number of primary amides is 1. The summed E-state index contributed by atoms with van der Waals surface area (Å²) in [6.45, 7) is 0. The van der Waals surface area contributed by atoms with Gasteiger partial charge < -0.3 is 15.8 Å². The number of hydrogen-bond donors (Lipinski definition) is 2. The Morgan fingerprint density at radius 2 is 2.04 bits per heavy atom. The van der Waals surface area contributed by atoms with Gasteiger partial charge in [-0.15, -0.1) is 11.3 Å². The van der Waals surface area contributed by atoms with Crippen LogP contribution in [0.4, 0.5) is 5.69 Å². The van der Waals surface area contributed by atoms with Crippen molar-refractivity contribution in [1.82, 2.24) is 9.97 Å². The average Bonchev–Trinajstić information content (AvgIpc) is 3.11. The molecule has 0 radical (unpaired) electrons. The molecule has 24 heavy (non-hydrogen) atoms. The van der Waals surface area contributed by atoms with Crippen LogP contribution in [0, 0.1) is 0 Å². The Kier molecular flexibility index (Phi) is 4.48. The van der Waals surface area contributed by atoms with Gasteiger partial charge in [-0.3, -0.25) is 9.59 Å². The number of nitrogens with one attached hydrogen (secondary N) is 1. The van der Waals surface area contributed by atoms with Gasteiger partial charge >= 0.3 is 0 Å². The third-order valence-corrected chi connectivity index (χ3v) is 3.59. The van der Waals surface area contributed by atoms with Crippen molar-refractivity contribution in [1.29, 1.82) is 0 Å². The Balaban J connectivity index is 1.67. The molecular weight excluding hydrogens is 328 g/mol. The number of nitrogens with two attached hydrogens (primary N) is 1. The zero-order valence-electron chi connectivity index (χ0n) is 12.3. The molecule has 0 bridgehead atoms. The Morgan fingerprint density at radius 3 is 2.71 bits per heavy atom. The van der Waals surface area contributed by atoms with Gasteiger partial charge in [0.05, 0.1) is 17.4 Å². The Hall–Kier alpha value is -3.26. The number of carbonyl (C=O) groups excluding carboxylic acids is 2. The maximum atomic E-state index is 11.9. The molecule has 2 heterocycles. The number of benzene rings is 1. The molecule has 0 unspecified atom stereocenters. The molecule has 0 aliphatic heterocycles. The molecule has 0 fully saturated rings. The first-order valence-corrected chi connectivity index (χ1v) is 7.79. The Morgan fingerprint density at radius 1 is 1.17 bits per heavy atom. The van der Waals surface area contributed by atoms with Crippen LogP contribution in [0.3, 0.4) is 0 Å². The predicted molar refractivity (Wildman–Crippen MR) is 89.3 cm³/mol. The first-order valence-electron chi connectivity index (χ1n) is 6.85. The van der Waals surface area contributed by atoms with Crippen LogP contribution in [0.25, 0.3) is 0 Å². The van der Waals surface area contributed by atoms with E-state index in [0.29, 0.717) is 28.6 Å². The van der Waals surface area contributed by atoms with E-state index in [2.05, 4.69) is 15.3 Å². The summed E-state index contributed by atoms with van der Waals surface area (Å²) < 4.78 is 5.56. The largest absolute Gasteiger partial charge is 0.439 e. The van der Waals surface area contributed by atoms with E-state index in [9.17, 15) is 9.59 Å². The van der Waals surface area contributed by atoms with E-state index >= 15 is 0 Å². The second kappa shape index (κ2) is 6.88. The molecule has 0 saturated heterocycles. The molecule has 120 valence electrons. The summed E-state index contributed by atoms with van der Waals surface area (Å²) in [7, 11) is 0. The van der Waals surface area contributed by atoms with Crippen LogP contribution in [0.15, 0.2) is 53.5 Å². The molecule has 2 amide bonds. The summed E-state index contributed by atoms with van der Waals surface area (Å²) in [6.07, 6.45) is 1.47. The van der Waals surface area contributed by atoms with E-state index in [1.54, 1.807) is 41.2 Å². The number of aromatic nitrogens is 2. The van der Waals surface area contributed by atoms with E-state index in [0.717, 1.165) is 0 Å². The van der Waals surface area contributed by atoms with Crippen LogP contribution >= 0.6 is 11.3 Å². The van der Waals surface area contributed by atoms with Crippen LogP contribution < -0.4 is 15.8 Å². The maximum absolute atomic E-state index is 11.9. The van der Waals surface area contributed by atoms with Gasteiger partial charge in [0, 0.05) is 17.0 Å². The molecule has 1 aromatic carbocycles. The van der Waals surface area contributed by atoms with Crippen molar-refractivity contribution in [2.75, 3.05) is 5.32 Å². The normalized spacial score (nSPS) is 10.2. The van der Waals surface area contributed by atoms with E-state index in [1.165, 1.54) is 23.6 Å². The average molecular weight is 340 g/mol. The van der Waals surface area contributed by atoms with E-state index in [4.69, 9.17) is 10.5 Å². The van der Waals surface area contributed by atoms with Crippen LogP contribution in [-0.2, 0) is 0 Å². The van der Waals surface area contributed by atoms with Crippen molar-refractivity contribution in [2.24, 2.45) is 5.73 Å². The highest BCUT2D eigenvalue weighted by molar-refractivity contribution is 7.07. The van der Waals surface area contributed by atoms with E-state index in [-0.39, 0.29) is 5.91 Å². The maximum Gasteiger partial charge on any atom is 0.275 e. The molecule has 0 aliphatic carbocycles. The molecule has 0 aliphatic rings. The number of nitrogens with zero attached hydrogens (tertiary/aromatic N) is 2. The van der Waals surface area contributed by atoms with Gasteiger partial charge in [0.15, 0.2) is 0 Å². The quantitative estimate of drug-likeness (QED) is 0.742. The molecule has 3 N–H and O–H groups in total. The van der Waals surface area contributed by atoms with Gasteiger partial charge in [-0.1, -0.05) is 6.07 Å². The van der Waals surface area contributed by atoms with Crippen LogP contribution in [-0.4, -0.2) is 21.8 Å². The Bertz CT molecular complexity index is 863. The first kappa shape index (κ1) is 15.6. The van der Waals surface area contributed by atoms with Crippen LogP contribution in [0.1, 0.15) is 20.8 Å². The van der Waals surface area contributed by atoms with Crippen LogP contribution in [0.2, 0.25) is 0 Å². The highest BCUT2D eigenvalue weighted by Gasteiger charge is 2.09. The van der Waals surface area contributed by atoms with Gasteiger partial charge in [0.2, 0.25) is 11.8 Å². The fraction of sp³-hybridized carbons (Fsp3) is 0. The fourth-order valence-corrected chi connectivity index (χ4v) is 2.40. The number of ether oxygens (including phenoxy) is 1. The van der Waals surface area contributed by atoms with Crippen molar-refractivity contribution in [3.05, 3.63) is 64.7 Å². The lowest BCUT2D eigenvalue weighted by molar-refractivity contribution is 0.0997. The summed E-state index contributed by atoms with van der Waals surface area (Å²) in [4.78, 5) is 31.1. The number of carbonyl (C=O) groups is 2. The lowest BCUT2D eigenvalue weighted by Gasteiger charge is -2.07. The number of rotatable bonds is 5. The molecule has 3 aromatic rings. The number of amides is 2. The minimum Gasteiger partial charge on any atom is -0.439 e. The monoisotopic (exact) mass is 340 g/mol. The summed E-state index contributed by atoms with van der Waals surface area (Å²) in [6, 6.07) is 9.74. The summed E-state index contributed by atoms with van der Waals surface area (Å²) in [5, 5.41) is 4.34. The molecule has 3 rings (SSSR count). The molecule has 2 aromatic heterocycles. The van der Waals surface area contributed by atoms with Gasteiger partial charge in [-0.25, -0.2) is 9.97 Å². The third-order valence-electron chi connectivity index (χ3n) is 3.00. The van der Waals surface area contributed by atoms with Crippen molar-refractivity contribution in [3.8, 4) is 11.6 Å². The smallest absolute Gasteiger partial charge is 0.275 e. The van der Waals surface area contributed by atoms with Crippen molar-refractivity contribution in [3.63, 3.8) is 0 Å². The zero-order valence-corrected chi connectivity index (χ0v) is 13.1. The predicted octanol–water partition coefficient (Wildman–Crippen LogP) is 2.68. The van der Waals surface area contributed by atoms with Gasteiger partial charge in [-0.05, 0) is 24.3 Å². The number of pyridine rings is 1. The Labute approximate surface area is 141 Å². The summed E-state index contributed by atoms with van der Waals surface area (Å²) >= 11 is 1.34. The minimum absolute atomic E-state index is 0.305. The second-order valence-corrected chi connectivity index (χ2v) is 5.43. The number of thiazole rings is 1. The SMILES string of the molecule is NC(=O)c1cccc(Oc2ccc(NC(=O)c3cscn3)cn2)c1. The third kappa shape index (κ3) is 3.73. The first-order chi connectivity index (χ1) is 11.6. The topological polar surface area (TPSA) is 107 Å². The standard InChI is InChI=1S/C16H12N4O3S/c17-15(21)10-2-1-3-12(6-10)23-14-5-4-11(7-18-14)20-16(22)13-8-24-9-19-13/h1-9H,(H2,17,21)(H,20,22). The lowest BCUT2D eigenvalue weighted by atomic mass is 10.2. The van der Waals surface area contributed by atoms with E-state index < -0.39 is 5.91 Å². The summed E-state index contributed by atoms with van der Waals surface area (Å²) in [5.74, 6) is -0.0734. The molecule has 0 saturated carbocycles. The van der Waals surface area contributed by atoms with Gasteiger partial charge in [0.1, 0.15) is 11.4 Å². The highest BCUT2D eigenvalue weighted by Crippen LogP contribution is 2.21. The lowest BCUT2D eigenvalue weighted by Crippen LogP contribution is -2.12. The molecule has 0 atom stereocenters. The zero-order chi connectivity index (χ0) is 16.9. The highest BCUT2D eigenvalue weighted by atomic mass is 32.1. The van der Waals surface area contributed by atoms with Crippen molar-refractivity contribution in [2.45, 2.75) is 0 Å². The minimum atomic E-state index is -0.534. The molecular formula is C16H12N4O3S. The van der Waals surface area contributed by atoms with Crippen molar-refractivity contribution < 1.29 is 14.3 Å². The van der Waals surface area contributed by atoms with Gasteiger partial charge in [-0.2, -0.15) is 0 Å². The van der Waals surface area contributed by atoms with Crippen LogP contribution in [0.5, 0.6) is 11.6 Å². The van der Waals surface area contributed by atoms with Gasteiger partial charge in [0.25, 0.3) is 5.91 Å². The number of anilines is 1. The fourth-order valence-electron chi connectivity index (χ4n) is 1.87. The summed E-state index contributed by atoms with van der Waals surface area (Å²) in [5.41, 5.74) is 8.03. The molecule has 7 nitrogen and oxygen atoms in total. The molecule has 8 heteroatoms.